The van der Waals surface area contributed by atoms with E-state index in [2.05, 4.69) is 10.1 Å². The number of thioether (sulfide) groups is 1. The second-order valence-corrected chi connectivity index (χ2v) is 4.10. The molecule has 0 aliphatic carbocycles. The van der Waals surface area contributed by atoms with E-state index >= 15 is 0 Å². The van der Waals surface area contributed by atoms with Crippen LogP contribution < -0.4 is 5.32 Å². The maximum atomic E-state index is 10.8. The van der Waals surface area contributed by atoms with Crippen LogP contribution in [-0.4, -0.2) is 48.9 Å². The Labute approximate surface area is 89.4 Å². The van der Waals surface area contributed by atoms with E-state index in [4.69, 9.17) is 5.11 Å². The van der Waals surface area contributed by atoms with E-state index in [1.807, 2.05) is 13.2 Å². The molecule has 0 heterocycles. The Morgan fingerprint density at radius 3 is 2.71 bits per heavy atom. The average molecular weight is 221 g/mol. The van der Waals surface area contributed by atoms with Crippen LogP contribution in [0, 0.1) is 0 Å². The minimum atomic E-state index is -0.214. The van der Waals surface area contributed by atoms with E-state index in [0.717, 1.165) is 0 Å². The monoisotopic (exact) mass is 221 g/mol. The molecule has 14 heavy (non-hydrogen) atoms. The fourth-order valence-electron chi connectivity index (χ4n) is 1.07. The molecule has 5 heteroatoms. The number of aliphatic hydroxyl groups is 1. The minimum absolute atomic E-state index is 0.146. The molecule has 0 saturated carbocycles. The smallest absolute Gasteiger partial charge is 0.306 e. The first kappa shape index (κ1) is 13.7. The van der Waals surface area contributed by atoms with Gasteiger partial charge in [0.15, 0.2) is 0 Å². The van der Waals surface area contributed by atoms with Crippen LogP contribution in [0.5, 0.6) is 0 Å². The first-order valence-corrected chi connectivity index (χ1v) is 5.88. The molecule has 0 aromatic rings. The van der Waals surface area contributed by atoms with Crippen molar-refractivity contribution in [3.05, 3.63) is 0 Å². The zero-order valence-corrected chi connectivity index (χ0v) is 9.76. The van der Waals surface area contributed by atoms with Gasteiger partial charge in [-0.3, -0.25) is 4.79 Å². The number of hydrogen-bond donors (Lipinski definition) is 2. The van der Waals surface area contributed by atoms with Gasteiger partial charge in [0.2, 0.25) is 0 Å². The van der Waals surface area contributed by atoms with Gasteiger partial charge in [-0.15, -0.1) is 0 Å². The molecule has 2 unspecified atom stereocenters. The van der Waals surface area contributed by atoms with Gasteiger partial charge in [0.05, 0.1) is 20.1 Å². The van der Waals surface area contributed by atoms with E-state index in [0.29, 0.717) is 13.0 Å². The maximum absolute atomic E-state index is 10.8. The number of aliphatic hydroxyl groups excluding tert-OH is 1. The maximum Gasteiger partial charge on any atom is 0.306 e. The zero-order valence-electron chi connectivity index (χ0n) is 8.95. The van der Waals surface area contributed by atoms with E-state index < -0.39 is 0 Å². The second-order valence-electron chi connectivity index (χ2n) is 3.03. The van der Waals surface area contributed by atoms with Crippen LogP contribution in [-0.2, 0) is 9.53 Å². The molecule has 0 spiro atoms. The zero-order chi connectivity index (χ0) is 11.0. The lowest BCUT2D eigenvalue weighted by Gasteiger charge is -2.20. The number of esters is 1. The van der Waals surface area contributed by atoms with Crippen LogP contribution in [0.2, 0.25) is 0 Å². The predicted molar refractivity (Wildman–Crippen MR) is 58.5 cm³/mol. The Kier molecular flexibility index (Phi) is 7.93. The summed E-state index contributed by atoms with van der Waals surface area (Å²) in [7, 11) is 1.38. The van der Waals surface area contributed by atoms with Gasteiger partial charge in [-0.05, 0) is 13.2 Å². The fraction of sp³-hybridized carbons (Fsp3) is 0.889. The highest BCUT2D eigenvalue weighted by atomic mass is 32.2. The van der Waals surface area contributed by atoms with Crippen LogP contribution in [0.1, 0.15) is 13.3 Å². The van der Waals surface area contributed by atoms with Crippen molar-refractivity contribution < 1.29 is 14.6 Å². The molecule has 2 N–H and O–H groups in total. The van der Waals surface area contributed by atoms with Gasteiger partial charge in [-0.2, -0.15) is 11.8 Å². The average Bonchev–Trinajstić information content (AvgIpc) is 2.19. The molecule has 0 aliphatic heterocycles. The first-order valence-electron chi connectivity index (χ1n) is 4.59. The SMILES string of the molecule is COC(=O)CCNC(C)C(CO)SC. The topological polar surface area (TPSA) is 58.6 Å². The quantitative estimate of drug-likeness (QED) is 0.604. The van der Waals surface area contributed by atoms with Gasteiger partial charge in [-0.1, -0.05) is 0 Å². The van der Waals surface area contributed by atoms with Crippen molar-refractivity contribution in [3.8, 4) is 0 Å². The highest BCUT2D eigenvalue weighted by molar-refractivity contribution is 7.99. The van der Waals surface area contributed by atoms with Gasteiger partial charge < -0.3 is 15.2 Å². The molecule has 2 atom stereocenters. The summed E-state index contributed by atoms with van der Waals surface area (Å²) in [5, 5.41) is 12.3. The van der Waals surface area contributed by atoms with Gasteiger partial charge in [-0.25, -0.2) is 0 Å². The number of methoxy groups -OCH3 is 1. The lowest BCUT2D eigenvalue weighted by molar-refractivity contribution is -0.140. The summed E-state index contributed by atoms with van der Waals surface area (Å²) in [4.78, 5) is 10.8. The third kappa shape index (κ3) is 5.47. The van der Waals surface area contributed by atoms with Crippen molar-refractivity contribution in [1.82, 2.24) is 5.32 Å². The number of carbonyl (C=O) groups excluding carboxylic acids is 1. The molecule has 0 fully saturated rings. The second kappa shape index (κ2) is 8.08. The van der Waals surface area contributed by atoms with Crippen LogP contribution in [0.3, 0.4) is 0 Å². The molecular formula is C9H19NO3S. The fourth-order valence-corrected chi connectivity index (χ4v) is 1.73. The predicted octanol–water partition coefficient (Wildman–Crippen LogP) is 0.251. The van der Waals surface area contributed by atoms with E-state index in [-0.39, 0.29) is 23.9 Å². The molecule has 0 aromatic carbocycles. The molecule has 0 bridgehead atoms. The van der Waals surface area contributed by atoms with E-state index in [1.165, 1.54) is 7.11 Å². The standard InChI is InChI=1S/C9H19NO3S/c1-7(8(6-11)14-3)10-5-4-9(12)13-2/h7-8,10-11H,4-6H2,1-3H3. The number of ether oxygens (including phenoxy) is 1. The molecular weight excluding hydrogens is 202 g/mol. The molecule has 0 aliphatic rings. The van der Waals surface area contributed by atoms with Gasteiger partial charge >= 0.3 is 5.97 Å². The highest BCUT2D eigenvalue weighted by Gasteiger charge is 2.14. The van der Waals surface area contributed by atoms with Crippen molar-refractivity contribution in [2.24, 2.45) is 0 Å². The van der Waals surface area contributed by atoms with E-state index in [1.54, 1.807) is 11.8 Å². The molecule has 0 aromatic heterocycles. The Hall–Kier alpha value is -0.260. The van der Waals surface area contributed by atoms with Gasteiger partial charge in [0, 0.05) is 17.8 Å². The molecule has 4 nitrogen and oxygen atoms in total. The molecule has 84 valence electrons. The Bertz CT molecular complexity index is 162. The summed E-state index contributed by atoms with van der Waals surface area (Å²) in [5.41, 5.74) is 0. The first-order chi connectivity index (χ1) is 6.65. The summed E-state index contributed by atoms with van der Waals surface area (Å²) in [6.07, 6.45) is 2.33. The number of nitrogens with one attached hydrogen (secondary N) is 1. The van der Waals surface area contributed by atoms with Crippen molar-refractivity contribution in [1.29, 1.82) is 0 Å². The van der Waals surface area contributed by atoms with Crippen molar-refractivity contribution in [2.45, 2.75) is 24.6 Å². The summed E-state index contributed by atoms with van der Waals surface area (Å²) in [5.74, 6) is -0.214. The highest BCUT2D eigenvalue weighted by Crippen LogP contribution is 2.09. The Morgan fingerprint density at radius 1 is 1.64 bits per heavy atom. The number of hydrogen-bond acceptors (Lipinski definition) is 5. The van der Waals surface area contributed by atoms with Crippen molar-refractivity contribution in [2.75, 3.05) is 26.5 Å². The van der Waals surface area contributed by atoms with Gasteiger partial charge in [0.1, 0.15) is 0 Å². The summed E-state index contributed by atoms with van der Waals surface area (Å²) < 4.78 is 4.51. The van der Waals surface area contributed by atoms with Crippen molar-refractivity contribution in [3.63, 3.8) is 0 Å². The van der Waals surface area contributed by atoms with Crippen LogP contribution in [0.15, 0.2) is 0 Å². The van der Waals surface area contributed by atoms with Crippen LogP contribution in [0.25, 0.3) is 0 Å². The largest absolute Gasteiger partial charge is 0.469 e. The third-order valence-corrected chi connectivity index (χ3v) is 3.23. The molecule has 0 saturated heterocycles. The number of carbonyl (C=O) groups is 1. The molecule has 0 amide bonds. The minimum Gasteiger partial charge on any atom is -0.469 e. The summed E-state index contributed by atoms with van der Waals surface area (Å²) >= 11 is 1.61. The van der Waals surface area contributed by atoms with Crippen LogP contribution in [0.4, 0.5) is 0 Å². The summed E-state index contributed by atoms with van der Waals surface area (Å²) in [6, 6.07) is 0.194. The number of rotatable bonds is 7. The normalized spacial score (nSPS) is 14.9. The lowest BCUT2D eigenvalue weighted by Crippen LogP contribution is -2.38. The molecule has 0 radical (unpaired) electrons. The van der Waals surface area contributed by atoms with Gasteiger partial charge in [0.25, 0.3) is 0 Å². The van der Waals surface area contributed by atoms with E-state index in [9.17, 15) is 4.79 Å². The van der Waals surface area contributed by atoms with Crippen LogP contribution >= 0.6 is 11.8 Å². The lowest BCUT2D eigenvalue weighted by atomic mass is 10.2. The Morgan fingerprint density at radius 2 is 2.29 bits per heavy atom. The Balaban J connectivity index is 3.61. The summed E-state index contributed by atoms with van der Waals surface area (Å²) in [6.45, 7) is 2.73. The molecule has 0 rings (SSSR count). The third-order valence-electron chi connectivity index (χ3n) is 2.06. The van der Waals surface area contributed by atoms with Crippen molar-refractivity contribution >= 4 is 17.7 Å².